The molecule has 0 aliphatic heterocycles. The van der Waals surface area contributed by atoms with Crippen molar-refractivity contribution < 1.29 is 43.7 Å². The molecule has 2 unspecified atom stereocenters. The van der Waals surface area contributed by atoms with E-state index in [1.54, 1.807) is 10.9 Å². The maximum Gasteiger partial charge on any atom is 0.326 e. The topological polar surface area (TPSA) is 204 Å². The highest BCUT2D eigenvalue weighted by Crippen LogP contribution is 2.13. The van der Waals surface area contributed by atoms with Crippen molar-refractivity contribution in [2.24, 2.45) is 0 Å². The molecule has 5 N–H and O–H groups in total. The molecule has 1 aromatic carbocycles. The lowest BCUT2D eigenvalue weighted by molar-refractivity contribution is -0.142. The van der Waals surface area contributed by atoms with Crippen molar-refractivity contribution in [3.63, 3.8) is 0 Å². The predicted octanol–water partition coefficient (Wildman–Crippen LogP) is 2.19. The van der Waals surface area contributed by atoms with Gasteiger partial charge in [0.15, 0.2) is 0 Å². The first kappa shape index (κ1) is 34.6. The first-order valence-corrected chi connectivity index (χ1v) is 14.1. The maximum atomic E-state index is 12.4. The zero-order valence-electron chi connectivity index (χ0n) is 24.1. The fraction of sp³-hybridized carbons (Fsp3) is 0.536. The summed E-state index contributed by atoms with van der Waals surface area (Å²) < 4.78 is 14.0. The number of alkyl halides is 1. The standard InChI is InChI=1S/C28H39FN6O8/c1-34(28(43)31-22(26(39)40)14-15-25(37)38)23(27(41)42)8-2-3-17-30-24(36)9-4-6-19-10-12-21(13-11-19)35-18-20(32-33-35)7-5-16-29/h10-13,18,22-23H,2-9,14-17H2,1H3,(H,30,36)(H,31,43)(H,37,38)(H,39,40)(H,41,42). The lowest BCUT2D eigenvalue weighted by Gasteiger charge is -2.26. The predicted molar refractivity (Wildman–Crippen MR) is 151 cm³/mol. The van der Waals surface area contributed by atoms with Crippen LogP contribution >= 0.6 is 0 Å². The third kappa shape index (κ3) is 12.5. The van der Waals surface area contributed by atoms with Crippen LogP contribution in [0.3, 0.4) is 0 Å². The van der Waals surface area contributed by atoms with Crippen LogP contribution in [-0.4, -0.2) is 97.4 Å². The molecular formula is C28H39FN6O8. The van der Waals surface area contributed by atoms with Crippen molar-refractivity contribution in [3.8, 4) is 5.69 Å². The van der Waals surface area contributed by atoms with Gasteiger partial charge in [-0.2, -0.15) is 0 Å². The van der Waals surface area contributed by atoms with Crippen molar-refractivity contribution in [1.29, 1.82) is 0 Å². The number of aromatic nitrogens is 3. The normalized spacial score (nSPS) is 12.2. The number of carbonyl (C=O) groups is 5. The molecule has 0 saturated carbocycles. The lowest BCUT2D eigenvalue weighted by Crippen LogP contribution is -2.52. The fourth-order valence-electron chi connectivity index (χ4n) is 4.23. The number of carboxylic acid groups (broad SMARTS) is 3. The highest BCUT2D eigenvalue weighted by Gasteiger charge is 2.29. The van der Waals surface area contributed by atoms with Gasteiger partial charge in [0.05, 0.1) is 24.3 Å². The molecule has 2 rings (SSSR count). The van der Waals surface area contributed by atoms with E-state index < -0.39 is 49.1 Å². The molecular weight excluding hydrogens is 567 g/mol. The van der Waals surface area contributed by atoms with Crippen LogP contribution in [-0.2, 0) is 32.0 Å². The van der Waals surface area contributed by atoms with Crippen molar-refractivity contribution in [2.75, 3.05) is 20.3 Å². The summed E-state index contributed by atoms with van der Waals surface area (Å²) in [7, 11) is 1.22. The lowest BCUT2D eigenvalue weighted by atomic mass is 10.1. The SMILES string of the molecule is CN(C(=O)NC(CCC(=O)O)C(=O)O)C(CCCCNC(=O)CCCc1ccc(-n2cc(CCCF)nn2)cc1)C(=O)O. The molecule has 0 fully saturated rings. The summed E-state index contributed by atoms with van der Waals surface area (Å²) in [6.07, 6.45) is 4.47. The van der Waals surface area contributed by atoms with Crippen molar-refractivity contribution in [2.45, 2.75) is 76.3 Å². The van der Waals surface area contributed by atoms with Gasteiger partial charge in [-0.25, -0.2) is 19.1 Å². The minimum absolute atomic E-state index is 0.0749. The minimum atomic E-state index is -1.47. The number of carboxylic acids is 3. The Morgan fingerprint density at radius 2 is 1.65 bits per heavy atom. The number of likely N-dealkylation sites (N-methyl/N-ethyl adjacent to an activating group) is 1. The third-order valence-electron chi connectivity index (χ3n) is 6.72. The van der Waals surface area contributed by atoms with Gasteiger partial charge in [-0.15, -0.1) is 5.10 Å². The molecule has 14 nitrogen and oxygen atoms in total. The van der Waals surface area contributed by atoms with Gasteiger partial charge in [-0.1, -0.05) is 17.3 Å². The van der Waals surface area contributed by atoms with Gasteiger partial charge in [-0.05, 0) is 69.1 Å². The van der Waals surface area contributed by atoms with Gasteiger partial charge in [0.1, 0.15) is 12.1 Å². The summed E-state index contributed by atoms with van der Waals surface area (Å²) in [5.74, 6) is -4.05. The highest BCUT2D eigenvalue weighted by molar-refractivity contribution is 5.86. The van der Waals surface area contributed by atoms with Crippen molar-refractivity contribution >= 4 is 29.8 Å². The number of rotatable bonds is 20. The summed E-state index contributed by atoms with van der Waals surface area (Å²) in [6, 6.07) is 4.06. The summed E-state index contributed by atoms with van der Waals surface area (Å²) in [5, 5.41) is 40.5. The van der Waals surface area contributed by atoms with Crippen LogP contribution in [0.25, 0.3) is 5.69 Å². The summed E-state index contributed by atoms with van der Waals surface area (Å²) in [4.78, 5) is 59.2. The monoisotopic (exact) mass is 606 g/mol. The van der Waals surface area contributed by atoms with E-state index in [9.17, 15) is 38.6 Å². The summed E-state index contributed by atoms with van der Waals surface area (Å²) >= 11 is 0. The zero-order valence-corrected chi connectivity index (χ0v) is 24.1. The molecule has 0 aliphatic rings. The van der Waals surface area contributed by atoms with E-state index in [2.05, 4.69) is 20.9 Å². The van der Waals surface area contributed by atoms with E-state index in [1.807, 2.05) is 24.3 Å². The number of halogens is 1. The summed E-state index contributed by atoms with van der Waals surface area (Å²) in [6.45, 7) is -0.0663. The Hall–Kier alpha value is -4.56. The molecule has 1 heterocycles. The third-order valence-corrected chi connectivity index (χ3v) is 6.72. The number of unbranched alkanes of at least 4 members (excludes halogenated alkanes) is 1. The molecule has 0 aliphatic carbocycles. The molecule has 2 aromatic rings. The summed E-state index contributed by atoms with van der Waals surface area (Å²) in [5.41, 5.74) is 2.61. The second kappa shape index (κ2) is 18.1. The highest BCUT2D eigenvalue weighted by atomic mass is 19.1. The Morgan fingerprint density at radius 3 is 2.28 bits per heavy atom. The Morgan fingerprint density at radius 1 is 0.930 bits per heavy atom. The van der Waals surface area contributed by atoms with Crippen LogP contribution in [0.15, 0.2) is 30.5 Å². The number of amides is 3. The van der Waals surface area contributed by atoms with E-state index in [0.29, 0.717) is 51.5 Å². The molecule has 0 bridgehead atoms. The van der Waals surface area contributed by atoms with E-state index in [0.717, 1.165) is 21.8 Å². The number of carbonyl (C=O) groups excluding carboxylic acids is 2. The van der Waals surface area contributed by atoms with Crippen LogP contribution in [0.4, 0.5) is 9.18 Å². The number of aliphatic carboxylic acids is 3. The molecule has 43 heavy (non-hydrogen) atoms. The second-order valence-electron chi connectivity index (χ2n) is 10.1. The van der Waals surface area contributed by atoms with Crippen LogP contribution in [0, 0.1) is 0 Å². The number of hydrogen-bond acceptors (Lipinski definition) is 7. The van der Waals surface area contributed by atoms with E-state index in [-0.39, 0.29) is 18.7 Å². The van der Waals surface area contributed by atoms with Crippen LogP contribution in [0.5, 0.6) is 0 Å². The first-order chi connectivity index (χ1) is 20.5. The largest absolute Gasteiger partial charge is 0.481 e. The molecule has 0 saturated heterocycles. The van der Waals surface area contributed by atoms with E-state index in [4.69, 9.17) is 5.11 Å². The number of benzene rings is 1. The Labute approximate surface area is 248 Å². The van der Waals surface area contributed by atoms with Crippen molar-refractivity contribution in [3.05, 3.63) is 41.7 Å². The van der Waals surface area contributed by atoms with Gasteiger partial charge < -0.3 is 30.9 Å². The number of aryl methyl sites for hydroxylation is 2. The van der Waals surface area contributed by atoms with E-state index >= 15 is 0 Å². The van der Waals surface area contributed by atoms with Gasteiger partial charge in [0.25, 0.3) is 0 Å². The Kier molecular flexibility index (Phi) is 14.6. The average Bonchev–Trinajstić information content (AvgIpc) is 3.44. The number of nitrogens with one attached hydrogen (secondary N) is 2. The van der Waals surface area contributed by atoms with Crippen LogP contribution in [0.2, 0.25) is 0 Å². The molecule has 2 atom stereocenters. The quantitative estimate of drug-likeness (QED) is 0.139. The van der Waals surface area contributed by atoms with E-state index in [1.165, 1.54) is 7.05 Å². The molecule has 1 aromatic heterocycles. The minimum Gasteiger partial charge on any atom is -0.481 e. The first-order valence-electron chi connectivity index (χ1n) is 14.1. The zero-order chi connectivity index (χ0) is 31.8. The molecule has 236 valence electrons. The Bertz CT molecular complexity index is 1220. The fourth-order valence-corrected chi connectivity index (χ4v) is 4.23. The van der Waals surface area contributed by atoms with Gasteiger partial charge in [0.2, 0.25) is 5.91 Å². The molecule has 0 radical (unpaired) electrons. The van der Waals surface area contributed by atoms with Crippen LogP contribution in [0.1, 0.15) is 62.6 Å². The number of hydrogen-bond donors (Lipinski definition) is 5. The molecule has 0 spiro atoms. The number of urea groups is 1. The maximum absolute atomic E-state index is 12.4. The van der Waals surface area contributed by atoms with Gasteiger partial charge in [-0.3, -0.25) is 14.0 Å². The molecule has 15 heteroatoms. The second-order valence-corrected chi connectivity index (χ2v) is 10.1. The van der Waals surface area contributed by atoms with Crippen molar-refractivity contribution in [1.82, 2.24) is 30.5 Å². The van der Waals surface area contributed by atoms with Gasteiger partial charge in [0, 0.05) is 26.4 Å². The van der Waals surface area contributed by atoms with Gasteiger partial charge >= 0.3 is 23.9 Å². The number of nitrogens with zero attached hydrogens (tertiary/aromatic N) is 4. The average molecular weight is 607 g/mol. The Balaban J connectivity index is 1.68. The molecule has 3 amide bonds. The smallest absolute Gasteiger partial charge is 0.326 e. The van der Waals surface area contributed by atoms with Crippen LogP contribution < -0.4 is 10.6 Å².